The van der Waals surface area contributed by atoms with Crippen molar-refractivity contribution in [1.82, 2.24) is 0 Å². The summed E-state index contributed by atoms with van der Waals surface area (Å²) in [6, 6.07) is 24.7. The van der Waals surface area contributed by atoms with Gasteiger partial charge in [-0.25, -0.2) is 0 Å². The van der Waals surface area contributed by atoms with Crippen molar-refractivity contribution in [3.63, 3.8) is 0 Å². The highest BCUT2D eigenvalue weighted by atomic mass is 14.5. The smallest absolute Gasteiger partial charge is 0.0722 e. The lowest BCUT2D eigenvalue weighted by Crippen LogP contribution is -2.28. The second-order valence-electron chi connectivity index (χ2n) is 8.99. The quantitative estimate of drug-likeness (QED) is 0.408. The van der Waals surface area contributed by atoms with Gasteiger partial charge < -0.3 is 0 Å². The Balaban J connectivity index is 1.73. The second kappa shape index (κ2) is 6.93. The maximum absolute atomic E-state index is 4.29. The first-order valence-corrected chi connectivity index (χ1v) is 11.4. The van der Waals surface area contributed by atoms with Crippen molar-refractivity contribution in [2.24, 2.45) is 0 Å². The van der Waals surface area contributed by atoms with Crippen LogP contribution in [0.3, 0.4) is 0 Å². The Morgan fingerprint density at radius 3 is 2.47 bits per heavy atom. The summed E-state index contributed by atoms with van der Waals surface area (Å²) in [5, 5.41) is 0. The summed E-state index contributed by atoms with van der Waals surface area (Å²) >= 11 is 0. The fourth-order valence-electron chi connectivity index (χ4n) is 6.16. The molecule has 154 valence electrons. The zero-order chi connectivity index (χ0) is 21.9. The van der Waals surface area contributed by atoms with Crippen LogP contribution in [0, 0.1) is 6.92 Å². The molecule has 0 aliphatic heterocycles. The van der Waals surface area contributed by atoms with Gasteiger partial charge in [-0.3, -0.25) is 0 Å². The molecular formula is C32H26. The predicted octanol–water partition coefficient (Wildman–Crippen LogP) is 8.20. The lowest BCUT2D eigenvalue weighted by atomic mass is 9.68. The van der Waals surface area contributed by atoms with Gasteiger partial charge in [0.1, 0.15) is 0 Å². The van der Waals surface area contributed by atoms with Crippen LogP contribution >= 0.6 is 0 Å². The molecule has 3 aliphatic rings. The second-order valence-corrected chi connectivity index (χ2v) is 8.99. The van der Waals surface area contributed by atoms with Gasteiger partial charge in [-0.2, -0.15) is 0 Å². The molecular weight excluding hydrogens is 384 g/mol. The summed E-state index contributed by atoms with van der Waals surface area (Å²) in [6.45, 7) is 10.7. The highest BCUT2D eigenvalue weighted by Gasteiger charge is 2.52. The Morgan fingerprint density at radius 2 is 1.66 bits per heavy atom. The molecule has 0 nitrogen and oxygen atoms in total. The van der Waals surface area contributed by atoms with E-state index in [1.807, 2.05) is 6.08 Å². The third kappa shape index (κ3) is 2.33. The molecule has 0 heterocycles. The molecule has 0 bridgehead atoms. The molecule has 1 atom stereocenters. The van der Waals surface area contributed by atoms with Crippen LogP contribution in [-0.4, -0.2) is 0 Å². The number of fused-ring (bicyclic) bond motifs is 6. The average molecular weight is 411 g/mol. The molecule has 0 N–H and O–H groups in total. The zero-order valence-corrected chi connectivity index (χ0v) is 18.5. The first kappa shape index (κ1) is 19.1. The van der Waals surface area contributed by atoms with E-state index in [-0.39, 0.29) is 5.41 Å². The van der Waals surface area contributed by atoms with Crippen LogP contribution < -0.4 is 0 Å². The summed E-state index contributed by atoms with van der Waals surface area (Å²) in [6.07, 6.45) is 11.0. The number of allylic oxidation sites excluding steroid dienone is 8. The number of rotatable bonds is 3. The van der Waals surface area contributed by atoms with Crippen molar-refractivity contribution in [3.8, 4) is 11.1 Å². The van der Waals surface area contributed by atoms with E-state index >= 15 is 0 Å². The Bertz CT molecular complexity index is 1410. The predicted molar refractivity (Wildman–Crippen MR) is 136 cm³/mol. The van der Waals surface area contributed by atoms with E-state index in [1.54, 1.807) is 0 Å². The van der Waals surface area contributed by atoms with Gasteiger partial charge in [-0.1, -0.05) is 104 Å². The normalized spacial score (nSPS) is 20.4. The first-order chi connectivity index (χ1) is 15.7. The van der Waals surface area contributed by atoms with E-state index in [0.717, 1.165) is 12.8 Å². The molecule has 0 heteroatoms. The minimum absolute atomic E-state index is 0.316. The molecule has 6 rings (SSSR count). The number of hydrogen-bond donors (Lipinski definition) is 0. The largest absolute Gasteiger partial charge is 0.0987 e. The van der Waals surface area contributed by atoms with E-state index in [2.05, 4.69) is 105 Å². The molecule has 1 spiro atoms. The van der Waals surface area contributed by atoms with Crippen LogP contribution in [0.5, 0.6) is 0 Å². The van der Waals surface area contributed by atoms with Gasteiger partial charge >= 0.3 is 0 Å². The molecule has 32 heavy (non-hydrogen) atoms. The van der Waals surface area contributed by atoms with Gasteiger partial charge in [0.25, 0.3) is 0 Å². The van der Waals surface area contributed by atoms with Gasteiger partial charge in [0.15, 0.2) is 0 Å². The van der Waals surface area contributed by atoms with Gasteiger partial charge in [0.2, 0.25) is 0 Å². The molecule has 3 aromatic carbocycles. The Kier molecular flexibility index (Phi) is 4.13. The molecule has 0 saturated carbocycles. The highest BCUT2D eigenvalue weighted by molar-refractivity contribution is 5.99. The fourth-order valence-corrected chi connectivity index (χ4v) is 6.16. The van der Waals surface area contributed by atoms with Crippen LogP contribution in [0.15, 0.2) is 115 Å². The summed E-state index contributed by atoms with van der Waals surface area (Å²) < 4.78 is 0. The van der Waals surface area contributed by atoms with Gasteiger partial charge in [-0.15, -0.1) is 0 Å². The van der Waals surface area contributed by atoms with Gasteiger partial charge in [-0.05, 0) is 81.5 Å². The zero-order valence-electron chi connectivity index (χ0n) is 18.5. The van der Waals surface area contributed by atoms with Crippen molar-refractivity contribution in [2.75, 3.05) is 0 Å². The van der Waals surface area contributed by atoms with Crippen LogP contribution in [0.2, 0.25) is 0 Å². The topological polar surface area (TPSA) is 0 Å². The van der Waals surface area contributed by atoms with Crippen LogP contribution in [0.4, 0.5) is 0 Å². The number of aryl methyl sites for hydroxylation is 1. The minimum Gasteiger partial charge on any atom is -0.0987 e. The molecule has 3 aromatic rings. The minimum atomic E-state index is -0.316. The first-order valence-electron chi connectivity index (χ1n) is 11.4. The molecule has 0 saturated heterocycles. The standard InChI is InChI=1S/C32H26/c1-4-24-27-18-17-23(22-12-10-11-21(3)19-22)20-31(27)32(28(24)5-2)29-15-8-6-13-25(29)26-14-7-9-16-30(26)32/h4-6,8-13,15-20H,1-2,7,14H2,3H3. The third-order valence-corrected chi connectivity index (χ3v) is 7.40. The summed E-state index contributed by atoms with van der Waals surface area (Å²) in [5.74, 6) is 0. The monoisotopic (exact) mass is 410 g/mol. The van der Waals surface area contributed by atoms with Crippen molar-refractivity contribution in [2.45, 2.75) is 25.2 Å². The molecule has 0 radical (unpaired) electrons. The van der Waals surface area contributed by atoms with Crippen molar-refractivity contribution in [3.05, 3.63) is 143 Å². The van der Waals surface area contributed by atoms with Gasteiger partial charge in [0.05, 0.1) is 5.41 Å². The lowest BCUT2D eigenvalue weighted by molar-refractivity contribution is 0.774. The van der Waals surface area contributed by atoms with E-state index in [0.29, 0.717) is 0 Å². The summed E-state index contributed by atoms with van der Waals surface area (Å²) in [7, 11) is 0. The SMILES string of the molecule is C=CC1=C(C=C)C2(C3=C(CCC=C3)c3ccccc32)c2cc(-c3cccc(C)c3)ccc21. The van der Waals surface area contributed by atoms with E-state index in [1.165, 1.54) is 61.2 Å². The Hall–Kier alpha value is -3.64. The maximum Gasteiger partial charge on any atom is 0.0722 e. The maximum atomic E-state index is 4.29. The van der Waals surface area contributed by atoms with Crippen LogP contribution in [0.25, 0.3) is 22.3 Å². The molecule has 1 unspecified atom stereocenters. The van der Waals surface area contributed by atoms with Gasteiger partial charge in [0, 0.05) is 0 Å². The van der Waals surface area contributed by atoms with E-state index < -0.39 is 0 Å². The molecule has 0 amide bonds. The Morgan fingerprint density at radius 1 is 0.812 bits per heavy atom. The summed E-state index contributed by atoms with van der Waals surface area (Å²) in [4.78, 5) is 0. The lowest BCUT2D eigenvalue weighted by Gasteiger charge is -2.33. The van der Waals surface area contributed by atoms with Crippen molar-refractivity contribution < 1.29 is 0 Å². The van der Waals surface area contributed by atoms with Crippen molar-refractivity contribution in [1.29, 1.82) is 0 Å². The molecule has 3 aliphatic carbocycles. The third-order valence-electron chi connectivity index (χ3n) is 7.40. The number of hydrogen-bond acceptors (Lipinski definition) is 0. The van der Waals surface area contributed by atoms with Crippen LogP contribution in [-0.2, 0) is 5.41 Å². The van der Waals surface area contributed by atoms with Crippen LogP contribution in [0.1, 0.15) is 40.7 Å². The highest BCUT2D eigenvalue weighted by Crippen LogP contribution is 2.63. The Labute approximate surface area is 190 Å². The fraction of sp³-hybridized carbons (Fsp3) is 0.125. The van der Waals surface area contributed by atoms with E-state index in [9.17, 15) is 0 Å². The molecule has 0 fully saturated rings. The van der Waals surface area contributed by atoms with Crippen molar-refractivity contribution >= 4 is 11.1 Å². The van der Waals surface area contributed by atoms with E-state index in [4.69, 9.17) is 0 Å². The summed E-state index contributed by atoms with van der Waals surface area (Å²) in [5.41, 5.74) is 14.2. The average Bonchev–Trinajstić information content (AvgIpc) is 3.30. The number of benzene rings is 3. The molecule has 0 aromatic heterocycles.